The normalized spacial score (nSPS) is 19.0. The number of carbonyl (C=O) groups is 1. The van der Waals surface area contributed by atoms with Crippen LogP contribution < -0.4 is 5.32 Å². The van der Waals surface area contributed by atoms with E-state index < -0.39 is 0 Å². The number of anilines is 1. The van der Waals surface area contributed by atoms with Crippen molar-refractivity contribution < 1.29 is 9.18 Å². The van der Waals surface area contributed by atoms with E-state index in [2.05, 4.69) is 15.3 Å². The number of hydrogen-bond acceptors (Lipinski definition) is 3. The fourth-order valence-corrected chi connectivity index (χ4v) is 3.30. The third-order valence-electron chi connectivity index (χ3n) is 4.42. The van der Waals surface area contributed by atoms with E-state index in [0.29, 0.717) is 5.82 Å². The number of aromatic nitrogens is 2. The van der Waals surface area contributed by atoms with Crippen LogP contribution in [0.4, 0.5) is 10.2 Å². The lowest BCUT2D eigenvalue weighted by molar-refractivity contribution is -0.117. The zero-order valence-electron chi connectivity index (χ0n) is 13.9. The van der Waals surface area contributed by atoms with Crippen LogP contribution in [0.1, 0.15) is 37.3 Å². The average Bonchev–Trinajstić information content (AvgIpc) is 2.81. The Bertz CT molecular complexity index is 700. The van der Waals surface area contributed by atoms with Crippen molar-refractivity contribution in [1.82, 2.24) is 14.7 Å². The number of nitrogens with zero attached hydrogens (tertiary/aromatic N) is 3. The van der Waals surface area contributed by atoms with E-state index in [4.69, 9.17) is 0 Å². The van der Waals surface area contributed by atoms with Crippen LogP contribution in [0.2, 0.25) is 0 Å². The van der Waals surface area contributed by atoms with Crippen molar-refractivity contribution in [3.8, 4) is 0 Å². The summed E-state index contributed by atoms with van der Waals surface area (Å²) in [4.78, 5) is 14.5. The third-order valence-corrected chi connectivity index (χ3v) is 4.42. The predicted octanol–water partition coefficient (Wildman–Crippen LogP) is 3.12. The summed E-state index contributed by atoms with van der Waals surface area (Å²) in [5, 5.41) is 6.99. The van der Waals surface area contributed by atoms with Gasteiger partial charge in [-0.25, -0.2) is 4.39 Å². The largest absolute Gasteiger partial charge is 0.308 e. The zero-order valence-corrected chi connectivity index (χ0v) is 13.9. The molecule has 0 bridgehead atoms. The van der Waals surface area contributed by atoms with Crippen molar-refractivity contribution in [3.63, 3.8) is 0 Å². The smallest absolute Gasteiger partial charge is 0.239 e. The maximum Gasteiger partial charge on any atom is 0.239 e. The number of nitrogens with one attached hydrogen (secondary N) is 1. The minimum atomic E-state index is -0.227. The molecule has 1 aromatic carbocycles. The average molecular weight is 330 g/mol. The van der Waals surface area contributed by atoms with Crippen molar-refractivity contribution in [3.05, 3.63) is 47.9 Å². The second-order valence-corrected chi connectivity index (χ2v) is 6.31. The lowest BCUT2D eigenvalue weighted by Gasteiger charge is -2.29. The van der Waals surface area contributed by atoms with Gasteiger partial charge in [0.25, 0.3) is 0 Å². The first-order chi connectivity index (χ1) is 11.6. The van der Waals surface area contributed by atoms with Gasteiger partial charge in [-0.05, 0) is 37.1 Å². The van der Waals surface area contributed by atoms with Gasteiger partial charge in [0.05, 0.1) is 6.54 Å². The first-order valence-corrected chi connectivity index (χ1v) is 8.41. The maximum atomic E-state index is 13.6. The van der Waals surface area contributed by atoms with Gasteiger partial charge >= 0.3 is 0 Å². The monoisotopic (exact) mass is 330 g/mol. The van der Waals surface area contributed by atoms with E-state index in [1.165, 1.54) is 6.07 Å². The van der Waals surface area contributed by atoms with Crippen molar-refractivity contribution in [2.45, 2.75) is 31.7 Å². The molecule has 0 saturated carbocycles. The summed E-state index contributed by atoms with van der Waals surface area (Å²) in [6, 6.07) is 8.57. The molecule has 0 radical (unpaired) electrons. The number of carbonyl (C=O) groups excluding carboxylic acids is 1. The molecule has 128 valence electrons. The highest BCUT2D eigenvalue weighted by molar-refractivity contribution is 5.91. The Morgan fingerprint density at radius 3 is 2.96 bits per heavy atom. The van der Waals surface area contributed by atoms with Gasteiger partial charge in [0.2, 0.25) is 5.91 Å². The molecule has 1 N–H and O–H groups in total. The maximum absolute atomic E-state index is 13.6. The Labute approximate surface area is 141 Å². The van der Waals surface area contributed by atoms with Crippen LogP contribution in [-0.4, -0.2) is 33.7 Å². The lowest BCUT2D eigenvalue weighted by atomic mass is 10.0. The molecule has 1 saturated heterocycles. The van der Waals surface area contributed by atoms with E-state index >= 15 is 0 Å². The van der Waals surface area contributed by atoms with Crippen LogP contribution in [0.15, 0.2) is 36.5 Å². The Kier molecular flexibility index (Phi) is 5.25. The summed E-state index contributed by atoms with van der Waals surface area (Å²) >= 11 is 0. The van der Waals surface area contributed by atoms with Gasteiger partial charge < -0.3 is 5.32 Å². The van der Waals surface area contributed by atoms with Crippen LogP contribution in [0.5, 0.6) is 0 Å². The molecule has 1 aliphatic heterocycles. The highest BCUT2D eigenvalue weighted by Gasteiger charge is 2.25. The molecular formula is C18H23FN4O. The molecule has 1 aromatic heterocycles. The molecule has 1 atom stereocenters. The Balaban J connectivity index is 1.71. The predicted molar refractivity (Wildman–Crippen MR) is 91.0 cm³/mol. The fourth-order valence-electron chi connectivity index (χ4n) is 3.30. The molecule has 0 spiro atoms. The van der Waals surface area contributed by atoms with E-state index in [0.717, 1.165) is 37.8 Å². The first kappa shape index (κ1) is 16.6. The third kappa shape index (κ3) is 4.20. The van der Waals surface area contributed by atoms with E-state index in [9.17, 15) is 9.18 Å². The molecule has 0 aliphatic carbocycles. The van der Waals surface area contributed by atoms with Gasteiger partial charge in [-0.15, -0.1) is 0 Å². The van der Waals surface area contributed by atoms with Gasteiger partial charge in [-0.3, -0.25) is 14.4 Å². The van der Waals surface area contributed by atoms with Gasteiger partial charge in [0, 0.05) is 25.4 Å². The molecule has 3 rings (SSSR count). The summed E-state index contributed by atoms with van der Waals surface area (Å²) in [7, 11) is 1.81. The van der Waals surface area contributed by atoms with Gasteiger partial charge in [0.1, 0.15) is 5.82 Å². The van der Waals surface area contributed by atoms with Crippen LogP contribution >= 0.6 is 0 Å². The minimum Gasteiger partial charge on any atom is -0.308 e. The van der Waals surface area contributed by atoms with Gasteiger partial charge in [-0.2, -0.15) is 5.10 Å². The molecule has 1 fully saturated rings. The van der Waals surface area contributed by atoms with Crippen molar-refractivity contribution in [2.75, 3.05) is 18.4 Å². The highest BCUT2D eigenvalue weighted by Crippen LogP contribution is 2.30. The summed E-state index contributed by atoms with van der Waals surface area (Å²) in [5.74, 6) is 0.242. The van der Waals surface area contributed by atoms with Crippen molar-refractivity contribution in [1.29, 1.82) is 0 Å². The van der Waals surface area contributed by atoms with Crippen LogP contribution in [0.3, 0.4) is 0 Å². The Hall–Kier alpha value is -2.21. The van der Waals surface area contributed by atoms with E-state index in [1.54, 1.807) is 29.1 Å². The molecular weight excluding hydrogens is 307 g/mol. The number of hydrogen-bond donors (Lipinski definition) is 1. The highest BCUT2D eigenvalue weighted by atomic mass is 19.1. The van der Waals surface area contributed by atoms with E-state index in [1.807, 2.05) is 13.1 Å². The summed E-state index contributed by atoms with van der Waals surface area (Å²) in [5.41, 5.74) is 0.947. The van der Waals surface area contributed by atoms with Crippen LogP contribution in [0, 0.1) is 5.82 Å². The number of benzene rings is 1. The first-order valence-electron chi connectivity index (χ1n) is 8.41. The zero-order chi connectivity index (χ0) is 16.9. The summed E-state index contributed by atoms with van der Waals surface area (Å²) in [6.45, 7) is 1.13. The second kappa shape index (κ2) is 7.57. The molecule has 2 heterocycles. The molecule has 0 unspecified atom stereocenters. The van der Waals surface area contributed by atoms with E-state index in [-0.39, 0.29) is 24.3 Å². The van der Waals surface area contributed by atoms with Crippen LogP contribution in [0.25, 0.3) is 0 Å². The molecule has 24 heavy (non-hydrogen) atoms. The Morgan fingerprint density at radius 1 is 1.33 bits per heavy atom. The second-order valence-electron chi connectivity index (χ2n) is 6.31. The Morgan fingerprint density at radius 2 is 2.21 bits per heavy atom. The number of halogens is 1. The van der Waals surface area contributed by atoms with Gasteiger partial charge in [-0.1, -0.05) is 25.0 Å². The standard InChI is InChI=1S/C18H23FN4O/c1-22-11-9-17(21-22)20-18(24)13-23-10-4-2-3-8-16(23)14-6-5-7-15(19)12-14/h5-7,9,11-12,16H,2-4,8,10,13H2,1H3,(H,20,21,24)/t16-/m0/s1. The quantitative estimate of drug-likeness (QED) is 0.937. The number of likely N-dealkylation sites (tertiary alicyclic amines) is 1. The number of amides is 1. The lowest BCUT2D eigenvalue weighted by Crippen LogP contribution is -2.36. The molecule has 1 amide bonds. The fraction of sp³-hybridized carbons (Fsp3) is 0.444. The molecule has 1 aliphatic rings. The molecule has 2 aromatic rings. The van der Waals surface area contributed by atoms with Crippen LogP contribution in [-0.2, 0) is 11.8 Å². The molecule has 5 nitrogen and oxygen atoms in total. The summed E-state index contributed by atoms with van der Waals surface area (Å²) in [6.07, 6.45) is 6.03. The summed E-state index contributed by atoms with van der Waals surface area (Å²) < 4.78 is 15.2. The SMILES string of the molecule is Cn1ccc(NC(=O)CN2CCCCC[C@H]2c2cccc(F)c2)n1. The number of aryl methyl sites for hydroxylation is 1. The minimum absolute atomic E-state index is 0.0812. The van der Waals surface area contributed by atoms with Crippen molar-refractivity contribution in [2.24, 2.45) is 7.05 Å². The van der Waals surface area contributed by atoms with Gasteiger partial charge in [0.15, 0.2) is 5.82 Å². The molecule has 6 heteroatoms. The topological polar surface area (TPSA) is 50.2 Å². The number of rotatable bonds is 4. The van der Waals surface area contributed by atoms with Crippen molar-refractivity contribution >= 4 is 11.7 Å².